The third kappa shape index (κ3) is 8.37. The van der Waals surface area contributed by atoms with Gasteiger partial charge in [0.15, 0.2) is 5.69 Å². The van der Waals surface area contributed by atoms with E-state index in [4.69, 9.17) is 9.47 Å². The van der Waals surface area contributed by atoms with Gasteiger partial charge in [0, 0.05) is 23.6 Å². The highest BCUT2D eigenvalue weighted by Gasteiger charge is 2.33. The summed E-state index contributed by atoms with van der Waals surface area (Å²) in [6.07, 6.45) is -1.95. The fraction of sp³-hybridized carbons (Fsp3) is 0.391. The molecule has 0 aliphatic heterocycles. The van der Waals surface area contributed by atoms with Gasteiger partial charge in [-0.1, -0.05) is 0 Å². The van der Waals surface area contributed by atoms with Gasteiger partial charge in [-0.25, -0.2) is 14.8 Å². The van der Waals surface area contributed by atoms with E-state index in [0.717, 1.165) is 11.5 Å². The fourth-order valence-corrected chi connectivity index (χ4v) is 3.86. The van der Waals surface area contributed by atoms with Crippen LogP contribution in [0.3, 0.4) is 0 Å². The number of carbonyl (C=O) groups is 2. The number of carbonyl (C=O) groups excluding carboxylic acids is 2. The number of hydrogen-bond donors (Lipinski definition) is 2. The molecular weight excluding hydrogens is 513 g/mol. The summed E-state index contributed by atoms with van der Waals surface area (Å²) in [6, 6.07) is 3.12. The SMILES string of the molecule is Cc1nsc(Cc2cncc(C(F)(F)F)n2)c1C(=O)Nc1ccc(OCCNC(=O)OC(C)(C)C)nc1. The first kappa shape index (κ1) is 27.8. The maximum Gasteiger partial charge on any atom is 0.434 e. The van der Waals surface area contributed by atoms with E-state index >= 15 is 0 Å². The largest absolute Gasteiger partial charge is 0.476 e. The summed E-state index contributed by atoms with van der Waals surface area (Å²) in [6.45, 7) is 7.27. The number of nitrogens with one attached hydrogen (secondary N) is 2. The molecule has 0 saturated heterocycles. The number of hydrogen-bond acceptors (Lipinski definition) is 9. The minimum absolute atomic E-state index is 0.0342. The van der Waals surface area contributed by atoms with E-state index in [2.05, 4.69) is 30.0 Å². The van der Waals surface area contributed by atoms with Crippen LogP contribution < -0.4 is 15.4 Å². The normalized spacial score (nSPS) is 11.6. The molecule has 0 fully saturated rings. The lowest BCUT2D eigenvalue weighted by molar-refractivity contribution is -0.141. The molecule has 0 bridgehead atoms. The molecule has 0 aliphatic carbocycles. The van der Waals surface area contributed by atoms with Crippen LogP contribution >= 0.6 is 11.5 Å². The highest BCUT2D eigenvalue weighted by molar-refractivity contribution is 7.06. The fourth-order valence-electron chi connectivity index (χ4n) is 2.98. The molecule has 0 saturated carbocycles. The monoisotopic (exact) mass is 538 g/mol. The summed E-state index contributed by atoms with van der Waals surface area (Å²) in [5, 5.41) is 5.26. The van der Waals surface area contributed by atoms with Crippen molar-refractivity contribution >= 4 is 29.2 Å². The molecule has 37 heavy (non-hydrogen) atoms. The number of alkyl halides is 3. The lowest BCUT2D eigenvalue weighted by atomic mass is 10.1. The van der Waals surface area contributed by atoms with E-state index in [0.29, 0.717) is 22.5 Å². The number of ether oxygens (including phenoxy) is 2. The summed E-state index contributed by atoms with van der Waals surface area (Å²) in [7, 11) is 0. The molecular formula is C23H25F3N6O4S. The third-order valence-corrected chi connectivity index (χ3v) is 5.43. The molecule has 14 heteroatoms. The van der Waals surface area contributed by atoms with Crippen LogP contribution in [0.1, 0.15) is 53.1 Å². The Balaban J connectivity index is 1.57. The lowest BCUT2D eigenvalue weighted by Crippen LogP contribution is -2.34. The Kier molecular flexibility index (Phi) is 8.63. The van der Waals surface area contributed by atoms with Crippen LogP contribution in [-0.4, -0.2) is 50.1 Å². The number of anilines is 1. The number of alkyl carbamates (subject to hydrolysis) is 1. The summed E-state index contributed by atoms with van der Waals surface area (Å²) in [4.78, 5) is 36.3. The Morgan fingerprint density at radius 2 is 1.86 bits per heavy atom. The van der Waals surface area contributed by atoms with Gasteiger partial charge in [0.25, 0.3) is 5.91 Å². The first-order chi connectivity index (χ1) is 17.3. The molecule has 0 radical (unpaired) electrons. The molecule has 0 unspecified atom stereocenters. The maximum atomic E-state index is 12.9. The van der Waals surface area contributed by atoms with Crippen molar-refractivity contribution in [3.8, 4) is 5.88 Å². The molecule has 3 aromatic rings. The van der Waals surface area contributed by atoms with Crippen molar-refractivity contribution in [2.75, 3.05) is 18.5 Å². The number of pyridine rings is 1. The van der Waals surface area contributed by atoms with Crippen molar-refractivity contribution in [2.45, 2.75) is 45.9 Å². The minimum atomic E-state index is -4.62. The minimum Gasteiger partial charge on any atom is -0.476 e. The van der Waals surface area contributed by atoms with Crippen LogP contribution in [-0.2, 0) is 17.3 Å². The second-order valence-electron chi connectivity index (χ2n) is 8.75. The molecule has 10 nitrogen and oxygen atoms in total. The van der Waals surface area contributed by atoms with E-state index in [1.165, 1.54) is 12.4 Å². The lowest BCUT2D eigenvalue weighted by Gasteiger charge is -2.19. The molecule has 2 N–H and O–H groups in total. The van der Waals surface area contributed by atoms with Crippen molar-refractivity contribution in [1.29, 1.82) is 0 Å². The summed E-state index contributed by atoms with van der Waals surface area (Å²) in [5.74, 6) is -0.209. The van der Waals surface area contributed by atoms with Crippen LogP contribution in [0, 0.1) is 6.92 Å². The van der Waals surface area contributed by atoms with Crippen LogP contribution in [0.2, 0.25) is 0 Å². The zero-order valence-corrected chi connectivity index (χ0v) is 21.3. The second kappa shape index (κ2) is 11.5. The molecule has 0 atom stereocenters. The molecule has 3 rings (SSSR count). The van der Waals surface area contributed by atoms with E-state index in [1.54, 1.807) is 39.8 Å². The van der Waals surface area contributed by atoms with Crippen LogP contribution in [0.5, 0.6) is 5.88 Å². The van der Waals surface area contributed by atoms with E-state index < -0.39 is 29.5 Å². The first-order valence-corrected chi connectivity index (χ1v) is 11.8. The molecule has 0 spiro atoms. The van der Waals surface area contributed by atoms with E-state index in [-0.39, 0.29) is 36.7 Å². The Morgan fingerprint density at radius 3 is 2.51 bits per heavy atom. The number of amides is 2. The maximum absolute atomic E-state index is 12.9. The summed E-state index contributed by atoms with van der Waals surface area (Å²) >= 11 is 1.01. The van der Waals surface area contributed by atoms with Gasteiger partial charge >= 0.3 is 12.3 Å². The molecule has 3 heterocycles. The average molecular weight is 539 g/mol. The van der Waals surface area contributed by atoms with Crippen molar-refractivity contribution in [1.82, 2.24) is 24.6 Å². The highest BCUT2D eigenvalue weighted by atomic mass is 32.1. The smallest absolute Gasteiger partial charge is 0.434 e. The zero-order chi connectivity index (χ0) is 27.2. The average Bonchev–Trinajstić information content (AvgIpc) is 3.16. The van der Waals surface area contributed by atoms with Gasteiger partial charge in [0.2, 0.25) is 5.88 Å². The number of nitrogens with zero attached hydrogens (tertiary/aromatic N) is 4. The number of aryl methyl sites for hydroxylation is 1. The number of aromatic nitrogens is 4. The predicted octanol–water partition coefficient (Wildman–Crippen LogP) is 4.40. The molecule has 0 aliphatic rings. The van der Waals surface area contributed by atoms with Crippen molar-refractivity contribution in [3.63, 3.8) is 0 Å². The summed E-state index contributed by atoms with van der Waals surface area (Å²) in [5.41, 5.74) is -0.583. The number of rotatable bonds is 8. The molecule has 2 amide bonds. The highest BCUT2D eigenvalue weighted by Crippen LogP contribution is 2.28. The first-order valence-electron chi connectivity index (χ1n) is 11.0. The van der Waals surface area contributed by atoms with Gasteiger partial charge in [-0.15, -0.1) is 0 Å². The van der Waals surface area contributed by atoms with Gasteiger partial charge in [-0.2, -0.15) is 17.5 Å². The molecule has 0 aromatic carbocycles. The van der Waals surface area contributed by atoms with Crippen molar-refractivity contribution < 1.29 is 32.2 Å². The van der Waals surface area contributed by atoms with Crippen LogP contribution in [0.25, 0.3) is 0 Å². The predicted molar refractivity (Wildman–Crippen MR) is 129 cm³/mol. The van der Waals surface area contributed by atoms with Gasteiger partial charge in [0.1, 0.15) is 12.2 Å². The second-order valence-corrected chi connectivity index (χ2v) is 9.61. The van der Waals surface area contributed by atoms with Crippen LogP contribution in [0.15, 0.2) is 30.7 Å². The zero-order valence-electron chi connectivity index (χ0n) is 20.5. The quantitative estimate of drug-likeness (QED) is 0.404. The van der Waals surface area contributed by atoms with Gasteiger partial charge in [-0.3, -0.25) is 9.78 Å². The van der Waals surface area contributed by atoms with E-state index in [9.17, 15) is 22.8 Å². The molecule has 3 aromatic heterocycles. The Labute approximate surface area is 214 Å². The summed E-state index contributed by atoms with van der Waals surface area (Å²) < 4.78 is 53.6. The van der Waals surface area contributed by atoms with Gasteiger partial charge < -0.3 is 20.1 Å². The van der Waals surface area contributed by atoms with Crippen LogP contribution in [0.4, 0.5) is 23.7 Å². The third-order valence-electron chi connectivity index (χ3n) is 4.49. The number of halogens is 3. The van der Waals surface area contributed by atoms with Crippen molar-refractivity contribution in [2.24, 2.45) is 0 Å². The Morgan fingerprint density at radius 1 is 1.11 bits per heavy atom. The van der Waals surface area contributed by atoms with Gasteiger partial charge in [-0.05, 0) is 45.3 Å². The van der Waals surface area contributed by atoms with E-state index in [1.807, 2.05) is 0 Å². The standard InChI is InChI=1S/C23H25F3N6O4S/c1-13-19(16(37-32-13)9-15-10-27-12-17(30-15)23(24,25)26)20(33)31-14-5-6-18(29-11-14)35-8-7-28-21(34)36-22(2,3)4/h5-6,10-12H,7-9H2,1-4H3,(H,28,34)(H,31,33). The topological polar surface area (TPSA) is 128 Å². The molecule has 198 valence electrons. The van der Waals surface area contributed by atoms with Gasteiger partial charge in [0.05, 0.1) is 41.6 Å². The Bertz CT molecular complexity index is 1240. The van der Waals surface area contributed by atoms with Crippen molar-refractivity contribution in [3.05, 3.63) is 58.2 Å². The Hall–Kier alpha value is -3.81.